The summed E-state index contributed by atoms with van der Waals surface area (Å²) in [6.07, 6.45) is 0. The highest BCUT2D eigenvalue weighted by Crippen LogP contribution is 2.22. The topological polar surface area (TPSA) is 16.3 Å². The van der Waals surface area contributed by atoms with E-state index in [1.807, 2.05) is 11.7 Å². The van der Waals surface area contributed by atoms with Crippen molar-refractivity contribution in [3.05, 3.63) is 0 Å². The Morgan fingerprint density at radius 1 is 1.07 bits per heavy atom. The molecule has 2 rings (SSSR count). The van der Waals surface area contributed by atoms with Crippen molar-refractivity contribution in [2.75, 3.05) is 27.2 Å². The van der Waals surface area contributed by atoms with Crippen LogP contribution in [0.3, 0.4) is 0 Å². The molecule has 0 radical (unpaired) electrons. The molecule has 1 aliphatic heterocycles. The molecular weight excluding hydrogens is 211 g/mol. The van der Waals surface area contributed by atoms with Crippen LogP contribution in [0.5, 0.6) is 0 Å². The molecular formula is C7H19BN4SSi. The van der Waals surface area contributed by atoms with Gasteiger partial charge in [0.05, 0.1) is 0 Å². The molecule has 0 unspecified atom stereocenters. The molecule has 0 atom stereocenters. The van der Waals surface area contributed by atoms with Crippen molar-refractivity contribution in [3.63, 3.8) is 0 Å². The summed E-state index contributed by atoms with van der Waals surface area (Å²) in [6.45, 7) is 9.51. The van der Waals surface area contributed by atoms with E-state index in [4.69, 9.17) is 0 Å². The maximum absolute atomic E-state index is 2.48. The molecule has 0 aromatic carbocycles. The van der Waals surface area contributed by atoms with Crippen molar-refractivity contribution in [3.8, 4) is 0 Å². The molecule has 0 aliphatic carbocycles. The summed E-state index contributed by atoms with van der Waals surface area (Å²) in [5.41, 5.74) is 0. The van der Waals surface area contributed by atoms with E-state index in [0.717, 1.165) is 0 Å². The lowest BCUT2D eigenvalue weighted by Crippen LogP contribution is -2.47. The van der Waals surface area contributed by atoms with Crippen molar-refractivity contribution >= 4 is 27.1 Å². The predicted octanol–water partition coefficient (Wildman–Crippen LogP) is 0.744. The molecule has 1 saturated heterocycles. The molecule has 0 saturated carbocycles. The van der Waals surface area contributed by atoms with E-state index in [-0.39, 0.29) is 0 Å². The van der Waals surface area contributed by atoms with Crippen molar-refractivity contribution in [2.45, 2.75) is 19.6 Å². The molecule has 1 fully saturated rings. The Labute approximate surface area is 91.6 Å². The Morgan fingerprint density at radius 2 is 1.57 bits per heavy atom. The minimum absolute atomic E-state index is 0.478. The summed E-state index contributed by atoms with van der Waals surface area (Å²) >= 11 is 1.89. The molecule has 80 valence electrons. The fourth-order valence-corrected chi connectivity index (χ4v) is 5.11. The van der Waals surface area contributed by atoms with Crippen LogP contribution in [0.4, 0.5) is 0 Å². The lowest BCUT2D eigenvalue weighted by molar-refractivity contribution is 0.553. The zero-order valence-corrected chi connectivity index (χ0v) is 11.5. The smallest absolute Gasteiger partial charge is 0.308 e. The predicted molar refractivity (Wildman–Crippen MR) is 65.5 cm³/mol. The molecule has 4 nitrogen and oxygen atoms in total. The first-order chi connectivity index (χ1) is 6.41. The fourth-order valence-electron chi connectivity index (χ4n) is 1.84. The zero-order valence-electron chi connectivity index (χ0n) is 9.69. The van der Waals surface area contributed by atoms with Gasteiger partial charge < -0.3 is 9.62 Å². The Kier molecular flexibility index (Phi) is 2.45. The zero-order chi connectivity index (χ0) is 10.5. The number of hydrogen-bond acceptors (Lipinski definition) is 3. The van der Waals surface area contributed by atoms with Crippen LogP contribution in [0, 0.1) is 0 Å². The quantitative estimate of drug-likeness (QED) is 0.697. The third-order valence-corrected chi connectivity index (χ3v) is 6.78. The molecule has 2 heterocycles. The van der Waals surface area contributed by atoms with E-state index in [2.05, 4.69) is 51.1 Å². The van der Waals surface area contributed by atoms with Gasteiger partial charge in [-0.25, -0.2) is 3.98 Å². The monoisotopic (exact) mass is 230 g/mol. The second-order valence-corrected chi connectivity index (χ2v) is 11.1. The van der Waals surface area contributed by atoms with Crippen LogP contribution in [0.1, 0.15) is 0 Å². The second-order valence-electron chi connectivity index (χ2n) is 5.14. The molecule has 1 aromatic heterocycles. The van der Waals surface area contributed by atoms with Crippen molar-refractivity contribution in [2.24, 2.45) is 0 Å². The van der Waals surface area contributed by atoms with E-state index >= 15 is 0 Å². The molecule has 0 spiro atoms. The van der Waals surface area contributed by atoms with Gasteiger partial charge >= 0.3 is 7.12 Å². The largest absolute Gasteiger partial charge is 0.468 e. The summed E-state index contributed by atoms with van der Waals surface area (Å²) in [6, 6.07) is 0. The van der Waals surface area contributed by atoms with Crippen LogP contribution in [0.15, 0.2) is 0 Å². The van der Waals surface area contributed by atoms with Crippen LogP contribution >= 0.6 is 11.7 Å². The van der Waals surface area contributed by atoms with E-state index in [1.54, 1.807) is 0 Å². The third-order valence-electron chi connectivity index (χ3n) is 2.68. The molecule has 0 amide bonds. The van der Waals surface area contributed by atoms with Gasteiger partial charge in [0, 0.05) is 24.8 Å². The molecule has 0 N–H and O–H groups in total. The van der Waals surface area contributed by atoms with Gasteiger partial charge in [0.15, 0.2) is 8.24 Å². The Hall–Kier alpha value is 0.0218. The average Bonchev–Trinajstić information content (AvgIpc) is 2.75. The summed E-state index contributed by atoms with van der Waals surface area (Å²) in [4.78, 5) is 4.82. The number of rotatable bonds is 2. The number of hydrogen-bond donors (Lipinski definition) is 0. The summed E-state index contributed by atoms with van der Waals surface area (Å²) in [5, 5.41) is 0. The summed E-state index contributed by atoms with van der Waals surface area (Å²) in [5.74, 6) is 0. The Morgan fingerprint density at radius 3 is 1.93 bits per heavy atom. The molecule has 0 bridgehead atoms. The van der Waals surface area contributed by atoms with Gasteiger partial charge in [-0.2, -0.15) is 0 Å². The average molecular weight is 230 g/mol. The first-order valence-corrected chi connectivity index (χ1v) is 9.27. The van der Waals surface area contributed by atoms with Crippen LogP contribution in [-0.4, -0.2) is 59.9 Å². The summed E-state index contributed by atoms with van der Waals surface area (Å²) < 4.78 is 4.90. The fraction of sp³-hybridized carbons (Fsp3) is 1.00. The van der Waals surface area contributed by atoms with Gasteiger partial charge in [-0.05, 0) is 33.7 Å². The highest BCUT2D eigenvalue weighted by molar-refractivity contribution is 7.15. The van der Waals surface area contributed by atoms with Gasteiger partial charge in [-0.15, -0.1) is 0 Å². The lowest BCUT2D eigenvalue weighted by Gasteiger charge is -2.18. The van der Waals surface area contributed by atoms with Crippen molar-refractivity contribution in [1.82, 2.24) is 17.3 Å². The Bertz CT molecular complexity index is 302. The van der Waals surface area contributed by atoms with E-state index in [9.17, 15) is 0 Å². The lowest BCUT2D eigenvalue weighted by atomic mass is 9.94. The normalized spacial score (nSPS) is 21.4. The van der Waals surface area contributed by atoms with Crippen LogP contribution < -0.4 is 0 Å². The third kappa shape index (κ3) is 1.73. The van der Waals surface area contributed by atoms with Crippen LogP contribution in [0.2, 0.25) is 19.6 Å². The minimum atomic E-state index is -1.14. The first kappa shape index (κ1) is 10.5. The van der Waals surface area contributed by atoms with Gasteiger partial charge in [0.2, 0.25) is 0 Å². The maximum Gasteiger partial charge on any atom is 0.468 e. The molecule has 1 aromatic rings. The maximum atomic E-state index is 2.48. The molecule has 1 aliphatic rings. The van der Waals surface area contributed by atoms with E-state index in [1.165, 1.54) is 13.1 Å². The van der Waals surface area contributed by atoms with E-state index in [0.29, 0.717) is 7.12 Å². The van der Waals surface area contributed by atoms with Gasteiger partial charge in [0.1, 0.15) is 0 Å². The van der Waals surface area contributed by atoms with Crippen molar-refractivity contribution < 1.29 is 0 Å². The van der Waals surface area contributed by atoms with Crippen LogP contribution in [0.25, 0.3) is 0 Å². The standard InChI is InChI=1S/C7H19BN4SSi/c1-9-6-7-10(2)8(9)11-12(13-11)14(3,4)5/h6-7H2,1-5H3. The van der Waals surface area contributed by atoms with Gasteiger partial charge in [-0.1, -0.05) is 0 Å². The second kappa shape index (κ2) is 3.26. The SMILES string of the molecule is CN1CCN(C)B1n1sn1[Si](C)(C)C. The van der Waals surface area contributed by atoms with Crippen molar-refractivity contribution in [1.29, 1.82) is 0 Å². The van der Waals surface area contributed by atoms with Gasteiger partial charge in [0.25, 0.3) is 0 Å². The summed E-state index contributed by atoms with van der Waals surface area (Å²) in [7, 11) is 3.74. The molecule has 7 heteroatoms. The highest BCUT2D eigenvalue weighted by atomic mass is 32.1. The van der Waals surface area contributed by atoms with E-state index < -0.39 is 8.24 Å². The Balaban J connectivity index is 2.13. The van der Waals surface area contributed by atoms with Crippen LogP contribution in [-0.2, 0) is 0 Å². The number of aromatic nitrogens is 2. The van der Waals surface area contributed by atoms with Gasteiger partial charge in [-0.3, -0.25) is 3.74 Å². The number of likely N-dealkylation sites (N-methyl/N-ethyl adjacent to an activating group) is 2. The molecule has 14 heavy (non-hydrogen) atoms. The first-order valence-electron chi connectivity index (χ1n) is 5.09. The number of nitrogens with zero attached hydrogens (tertiary/aromatic N) is 4. The minimum Gasteiger partial charge on any atom is -0.308 e. The highest BCUT2D eigenvalue weighted by Gasteiger charge is 2.41.